The van der Waals surface area contributed by atoms with Gasteiger partial charge in [-0.25, -0.2) is 8.42 Å². The normalized spacial score (nSPS) is 47.5. The van der Waals surface area contributed by atoms with Crippen molar-refractivity contribution in [3.05, 3.63) is 0 Å². The quantitative estimate of drug-likeness (QED) is 0.553. The lowest BCUT2D eigenvalue weighted by atomic mass is 10.0. The first-order valence-corrected chi connectivity index (χ1v) is 5.85. The van der Waals surface area contributed by atoms with Gasteiger partial charge in [0, 0.05) is 6.04 Å². The second kappa shape index (κ2) is 2.20. The summed E-state index contributed by atoms with van der Waals surface area (Å²) >= 11 is 0. The molecule has 64 valence electrons. The minimum Gasteiger partial charge on any atom is -0.328 e. The third kappa shape index (κ3) is 1.29. The average molecular weight is 175 g/mol. The van der Waals surface area contributed by atoms with Crippen molar-refractivity contribution in [3.63, 3.8) is 0 Å². The van der Waals surface area contributed by atoms with Gasteiger partial charge >= 0.3 is 0 Å². The van der Waals surface area contributed by atoms with Crippen LogP contribution in [0.25, 0.3) is 0 Å². The zero-order valence-electron chi connectivity index (χ0n) is 6.36. The largest absolute Gasteiger partial charge is 0.328 e. The van der Waals surface area contributed by atoms with Gasteiger partial charge in [-0.2, -0.15) is 0 Å². The van der Waals surface area contributed by atoms with E-state index in [9.17, 15) is 8.42 Å². The van der Waals surface area contributed by atoms with Crippen LogP contribution in [0.1, 0.15) is 12.8 Å². The molecular formula is C7H13NO2S. The molecule has 0 bridgehead atoms. The molecular weight excluding hydrogens is 162 g/mol. The smallest absolute Gasteiger partial charge is 0.150 e. The van der Waals surface area contributed by atoms with E-state index in [1.807, 2.05) is 0 Å². The molecule has 1 unspecified atom stereocenters. The standard InChI is InChI=1S/C7H13NO2S/c8-7-1-5-3-11(9,10)4-6(5)2-7/h5-7H,1-4,8H2/t5-,6+,7?. The lowest BCUT2D eigenvalue weighted by Crippen LogP contribution is -2.18. The van der Waals surface area contributed by atoms with Crippen molar-refractivity contribution in [2.75, 3.05) is 11.5 Å². The maximum Gasteiger partial charge on any atom is 0.150 e. The van der Waals surface area contributed by atoms with E-state index in [0.717, 1.165) is 12.8 Å². The molecule has 2 rings (SSSR count). The molecule has 3 atom stereocenters. The van der Waals surface area contributed by atoms with E-state index < -0.39 is 9.84 Å². The average Bonchev–Trinajstić information content (AvgIpc) is 2.17. The van der Waals surface area contributed by atoms with Gasteiger partial charge in [0.15, 0.2) is 9.84 Å². The molecule has 11 heavy (non-hydrogen) atoms. The molecule has 2 fully saturated rings. The summed E-state index contributed by atoms with van der Waals surface area (Å²) in [5.74, 6) is 1.56. The van der Waals surface area contributed by atoms with Crippen LogP contribution in [0.15, 0.2) is 0 Å². The summed E-state index contributed by atoms with van der Waals surface area (Å²) in [6, 6.07) is 0.264. The SMILES string of the molecule is NC1C[C@@H]2CS(=O)(=O)C[C@@H]2C1. The summed E-state index contributed by atoms with van der Waals surface area (Å²) in [7, 11) is -2.68. The Kier molecular flexibility index (Phi) is 1.51. The van der Waals surface area contributed by atoms with Gasteiger partial charge < -0.3 is 5.73 Å². The van der Waals surface area contributed by atoms with Gasteiger partial charge in [0.1, 0.15) is 0 Å². The van der Waals surface area contributed by atoms with Crippen molar-refractivity contribution in [3.8, 4) is 0 Å². The molecule has 0 aromatic heterocycles. The zero-order chi connectivity index (χ0) is 8.06. The van der Waals surface area contributed by atoms with Crippen LogP contribution < -0.4 is 5.73 Å². The molecule has 1 aliphatic carbocycles. The van der Waals surface area contributed by atoms with Gasteiger partial charge in [0.2, 0.25) is 0 Å². The Morgan fingerprint density at radius 2 is 1.55 bits per heavy atom. The van der Waals surface area contributed by atoms with Crippen LogP contribution in [0.3, 0.4) is 0 Å². The highest BCUT2D eigenvalue weighted by Gasteiger charge is 2.42. The van der Waals surface area contributed by atoms with Crippen molar-refractivity contribution in [2.24, 2.45) is 17.6 Å². The molecule has 1 saturated heterocycles. The molecule has 0 aromatic carbocycles. The van der Waals surface area contributed by atoms with Gasteiger partial charge in [0.05, 0.1) is 11.5 Å². The molecule has 4 heteroatoms. The highest BCUT2D eigenvalue weighted by Crippen LogP contribution is 2.38. The number of hydrogen-bond acceptors (Lipinski definition) is 3. The fourth-order valence-electron chi connectivity index (χ4n) is 2.39. The summed E-state index contributed by atoms with van der Waals surface area (Å²) < 4.78 is 22.2. The van der Waals surface area contributed by atoms with Crippen LogP contribution >= 0.6 is 0 Å². The molecule has 0 spiro atoms. The number of nitrogens with two attached hydrogens (primary N) is 1. The second-order valence-electron chi connectivity index (χ2n) is 3.83. The fraction of sp³-hybridized carbons (Fsp3) is 1.00. The van der Waals surface area contributed by atoms with Crippen molar-refractivity contribution >= 4 is 9.84 Å². The first-order valence-electron chi connectivity index (χ1n) is 4.03. The topological polar surface area (TPSA) is 60.2 Å². The molecule has 0 amide bonds. The highest BCUT2D eigenvalue weighted by atomic mass is 32.2. The molecule has 1 aliphatic heterocycles. The predicted molar refractivity (Wildman–Crippen MR) is 42.8 cm³/mol. The van der Waals surface area contributed by atoms with Crippen LogP contribution in [0.2, 0.25) is 0 Å². The molecule has 3 nitrogen and oxygen atoms in total. The summed E-state index contributed by atoms with van der Waals surface area (Å²) in [5, 5.41) is 0. The Morgan fingerprint density at radius 1 is 1.09 bits per heavy atom. The van der Waals surface area contributed by atoms with Crippen LogP contribution in [0.4, 0.5) is 0 Å². The van der Waals surface area contributed by atoms with E-state index >= 15 is 0 Å². The Bertz CT molecular complexity index is 240. The van der Waals surface area contributed by atoms with Crippen LogP contribution in [0, 0.1) is 11.8 Å². The van der Waals surface area contributed by atoms with Crippen molar-refractivity contribution < 1.29 is 8.42 Å². The van der Waals surface area contributed by atoms with Gasteiger partial charge in [-0.15, -0.1) is 0 Å². The maximum atomic E-state index is 11.1. The van der Waals surface area contributed by atoms with Crippen LogP contribution in [-0.2, 0) is 9.84 Å². The van der Waals surface area contributed by atoms with Crippen molar-refractivity contribution in [2.45, 2.75) is 18.9 Å². The first-order chi connectivity index (χ1) is 5.07. The Hall–Kier alpha value is -0.0900. The highest BCUT2D eigenvalue weighted by molar-refractivity contribution is 7.91. The Labute approximate surface area is 66.9 Å². The summed E-state index contributed by atoms with van der Waals surface area (Å²) in [6.07, 6.45) is 1.84. The summed E-state index contributed by atoms with van der Waals surface area (Å²) in [6.45, 7) is 0. The molecule has 1 heterocycles. The van der Waals surface area contributed by atoms with Crippen LogP contribution in [-0.4, -0.2) is 26.0 Å². The number of hydrogen-bond donors (Lipinski definition) is 1. The van der Waals surface area contributed by atoms with Gasteiger partial charge in [-0.05, 0) is 24.7 Å². The summed E-state index contributed by atoms with van der Waals surface area (Å²) in [5.41, 5.74) is 5.72. The fourth-order valence-corrected chi connectivity index (χ4v) is 4.64. The molecule has 2 N–H and O–H groups in total. The van der Waals surface area contributed by atoms with Gasteiger partial charge in [0.25, 0.3) is 0 Å². The Morgan fingerprint density at radius 3 is 2.00 bits per heavy atom. The van der Waals surface area contributed by atoms with E-state index in [4.69, 9.17) is 5.73 Å². The van der Waals surface area contributed by atoms with Crippen molar-refractivity contribution in [1.29, 1.82) is 0 Å². The number of sulfone groups is 1. The second-order valence-corrected chi connectivity index (χ2v) is 5.98. The van der Waals surface area contributed by atoms with Crippen molar-refractivity contribution in [1.82, 2.24) is 0 Å². The third-order valence-corrected chi connectivity index (χ3v) is 4.69. The number of rotatable bonds is 0. The third-order valence-electron chi connectivity index (χ3n) is 2.81. The lowest BCUT2D eigenvalue weighted by Gasteiger charge is -2.01. The monoisotopic (exact) mass is 175 g/mol. The lowest BCUT2D eigenvalue weighted by molar-refractivity contribution is 0.494. The number of fused-ring (bicyclic) bond motifs is 1. The molecule has 1 saturated carbocycles. The maximum absolute atomic E-state index is 11.1. The van der Waals surface area contributed by atoms with E-state index in [2.05, 4.69) is 0 Å². The van der Waals surface area contributed by atoms with E-state index in [-0.39, 0.29) is 6.04 Å². The molecule has 0 aromatic rings. The first kappa shape index (κ1) is 7.55. The molecule has 0 radical (unpaired) electrons. The van der Waals surface area contributed by atoms with Gasteiger partial charge in [-0.1, -0.05) is 0 Å². The molecule has 2 aliphatic rings. The minimum atomic E-state index is -2.68. The Balaban J connectivity index is 2.16. The van der Waals surface area contributed by atoms with E-state index in [1.165, 1.54) is 0 Å². The predicted octanol–water partition coefficient (Wildman–Crippen LogP) is -0.232. The van der Waals surface area contributed by atoms with E-state index in [0.29, 0.717) is 23.3 Å². The van der Waals surface area contributed by atoms with Gasteiger partial charge in [-0.3, -0.25) is 0 Å². The van der Waals surface area contributed by atoms with E-state index in [1.54, 1.807) is 0 Å². The zero-order valence-corrected chi connectivity index (χ0v) is 7.18. The summed E-state index contributed by atoms with van der Waals surface area (Å²) in [4.78, 5) is 0. The minimum absolute atomic E-state index is 0.264. The van der Waals surface area contributed by atoms with Crippen LogP contribution in [0.5, 0.6) is 0 Å².